The standard InChI is InChI=1S/C22H23N3O4/c1-14(2)13-19(26)23-16-5-7-17(8-6-16)24-22(29)15-3-9-18(10-4-15)25-20(27)11-12-21(25)28/h3-10,14H,11-13H2,1-2H3,(H,23,26)(H,24,29). The number of amides is 4. The molecule has 1 heterocycles. The molecule has 7 nitrogen and oxygen atoms in total. The van der Waals surface area contributed by atoms with Crippen LogP contribution in [0.1, 0.15) is 43.5 Å². The Balaban J connectivity index is 1.60. The molecule has 2 aromatic carbocycles. The first-order valence-electron chi connectivity index (χ1n) is 9.50. The van der Waals surface area contributed by atoms with Crippen LogP contribution in [0.3, 0.4) is 0 Å². The highest BCUT2D eigenvalue weighted by Gasteiger charge is 2.30. The first kappa shape index (κ1) is 20.3. The minimum atomic E-state index is -0.313. The highest BCUT2D eigenvalue weighted by atomic mass is 16.2. The molecule has 0 aliphatic carbocycles. The molecule has 2 aromatic rings. The van der Waals surface area contributed by atoms with Crippen LogP contribution in [0, 0.1) is 5.92 Å². The maximum Gasteiger partial charge on any atom is 0.255 e. The maximum absolute atomic E-state index is 12.4. The molecule has 7 heteroatoms. The third-order valence-corrected chi connectivity index (χ3v) is 4.46. The van der Waals surface area contributed by atoms with Gasteiger partial charge in [0.2, 0.25) is 17.7 Å². The molecule has 0 aromatic heterocycles. The minimum Gasteiger partial charge on any atom is -0.326 e. The summed E-state index contributed by atoms with van der Waals surface area (Å²) in [6.45, 7) is 3.96. The highest BCUT2D eigenvalue weighted by Crippen LogP contribution is 2.23. The summed E-state index contributed by atoms with van der Waals surface area (Å²) in [4.78, 5) is 49.0. The lowest BCUT2D eigenvalue weighted by Crippen LogP contribution is -2.28. The van der Waals surface area contributed by atoms with Crippen molar-refractivity contribution in [2.24, 2.45) is 5.92 Å². The van der Waals surface area contributed by atoms with Crippen molar-refractivity contribution in [3.8, 4) is 0 Å². The van der Waals surface area contributed by atoms with Crippen molar-refractivity contribution < 1.29 is 19.2 Å². The van der Waals surface area contributed by atoms with E-state index in [-0.39, 0.29) is 42.4 Å². The van der Waals surface area contributed by atoms with Crippen LogP contribution in [0.25, 0.3) is 0 Å². The molecular weight excluding hydrogens is 370 g/mol. The van der Waals surface area contributed by atoms with E-state index in [4.69, 9.17) is 0 Å². The molecule has 0 atom stereocenters. The van der Waals surface area contributed by atoms with Crippen LogP contribution in [0.5, 0.6) is 0 Å². The molecule has 0 saturated carbocycles. The largest absolute Gasteiger partial charge is 0.326 e. The summed E-state index contributed by atoms with van der Waals surface area (Å²) >= 11 is 0. The van der Waals surface area contributed by atoms with Gasteiger partial charge in [-0.1, -0.05) is 13.8 Å². The summed E-state index contributed by atoms with van der Waals surface area (Å²) < 4.78 is 0. The van der Waals surface area contributed by atoms with Crippen molar-refractivity contribution in [1.29, 1.82) is 0 Å². The molecule has 0 spiro atoms. The molecule has 1 aliphatic rings. The number of hydrogen-bond acceptors (Lipinski definition) is 4. The minimum absolute atomic E-state index is 0.0492. The third kappa shape index (κ3) is 5.07. The first-order valence-corrected chi connectivity index (χ1v) is 9.50. The summed E-state index contributed by atoms with van der Waals surface area (Å²) in [6.07, 6.45) is 0.882. The number of nitrogens with zero attached hydrogens (tertiary/aromatic N) is 1. The Morgan fingerprint density at radius 2 is 1.38 bits per heavy atom. The lowest BCUT2D eigenvalue weighted by molar-refractivity contribution is -0.121. The smallest absolute Gasteiger partial charge is 0.255 e. The Morgan fingerprint density at radius 1 is 0.862 bits per heavy atom. The lowest BCUT2D eigenvalue weighted by Gasteiger charge is -2.14. The zero-order valence-corrected chi connectivity index (χ0v) is 16.4. The molecule has 0 radical (unpaired) electrons. The van der Waals surface area contributed by atoms with Gasteiger partial charge in [-0.2, -0.15) is 0 Å². The van der Waals surface area contributed by atoms with Gasteiger partial charge in [0.05, 0.1) is 5.69 Å². The molecule has 1 saturated heterocycles. The number of rotatable bonds is 6. The summed E-state index contributed by atoms with van der Waals surface area (Å²) in [5, 5.41) is 5.59. The van der Waals surface area contributed by atoms with E-state index >= 15 is 0 Å². The van der Waals surface area contributed by atoms with E-state index in [2.05, 4.69) is 10.6 Å². The number of hydrogen-bond donors (Lipinski definition) is 2. The molecule has 0 bridgehead atoms. The normalized spacial score (nSPS) is 13.7. The highest BCUT2D eigenvalue weighted by molar-refractivity contribution is 6.20. The van der Waals surface area contributed by atoms with Crippen molar-refractivity contribution in [2.45, 2.75) is 33.1 Å². The van der Waals surface area contributed by atoms with Gasteiger partial charge in [-0.15, -0.1) is 0 Å². The number of benzene rings is 2. The summed E-state index contributed by atoms with van der Waals surface area (Å²) in [5.74, 6) is -0.540. The zero-order chi connectivity index (χ0) is 21.0. The Morgan fingerprint density at radius 3 is 1.90 bits per heavy atom. The second-order valence-electron chi connectivity index (χ2n) is 7.35. The lowest BCUT2D eigenvalue weighted by atomic mass is 10.1. The van der Waals surface area contributed by atoms with E-state index < -0.39 is 0 Å². The predicted octanol–water partition coefficient (Wildman–Crippen LogP) is 3.58. The van der Waals surface area contributed by atoms with Crippen molar-refractivity contribution >= 4 is 40.7 Å². The summed E-state index contributed by atoms with van der Waals surface area (Å²) in [7, 11) is 0. The van der Waals surface area contributed by atoms with Gasteiger partial charge < -0.3 is 10.6 Å². The van der Waals surface area contributed by atoms with E-state index in [1.807, 2.05) is 13.8 Å². The molecule has 4 amide bonds. The summed E-state index contributed by atoms with van der Waals surface area (Å²) in [6, 6.07) is 13.2. The van der Waals surface area contributed by atoms with Gasteiger partial charge >= 0.3 is 0 Å². The number of carbonyl (C=O) groups is 4. The maximum atomic E-state index is 12.4. The molecule has 150 valence electrons. The van der Waals surface area contributed by atoms with E-state index in [9.17, 15) is 19.2 Å². The van der Waals surface area contributed by atoms with Crippen molar-refractivity contribution in [3.05, 3.63) is 54.1 Å². The van der Waals surface area contributed by atoms with Gasteiger partial charge in [0.15, 0.2) is 0 Å². The van der Waals surface area contributed by atoms with Crippen LogP contribution in [0.4, 0.5) is 17.1 Å². The van der Waals surface area contributed by atoms with Crippen molar-refractivity contribution in [2.75, 3.05) is 15.5 Å². The second kappa shape index (κ2) is 8.68. The Labute approximate surface area is 169 Å². The third-order valence-electron chi connectivity index (χ3n) is 4.46. The predicted molar refractivity (Wildman–Crippen MR) is 111 cm³/mol. The molecule has 2 N–H and O–H groups in total. The van der Waals surface area contributed by atoms with Crippen LogP contribution in [0.15, 0.2) is 48.5 Å². The Hall–Kier alpha value is -3.48. The number of nitrogens with one attached hydrogen (secondary N) is 2. The first-order chi connectivity index (χ1) is 13.8. The van der Waals surface area contributed by atoms with Crippen LogP contribution < -0.4 is 15.5 Å². The molecule has 29 heavy (non-hydrogen) atoms. The van der Waals surface area contributed by atoms with Crippen LogP contribution >= 0.6 is 0 Å². The van der Waals surface area contributed by atoms with E-state index in [1.165, 1.54) is 0 Å². The Bertz CT molecular complexity index is 918. The van der Waals surface area contributed by atoms with Crippen LogP contribution in [-0.4, -0.2) is 23.6 Å². The molecule has 0 unspecified atom stereocenters. The molecular formula is C22H23N3O4. The quantitative estimate of drug-likeness (QED) is 0.734. The van der Waals surface area contributed by atoms with E-state index in [0.29, 0.717) is 29.0 Å². The van der Waals surface area contributed by atoms with Gasteiger partial charge in [0, 0.05) is 36.2 Å². The van der Waals surface area contributed by atoms with Gasteiger partial charge in [0.25, 0.3) is 5.91 Å². The fourth-order valence-electron chi connectivity index (χ4n) is 3.05. The van der Waals surface area contributed by atoms with Crippen molar-refractivity contribution in [1.82, 2.24) is 0 Å². The SMILES string of the molecule is CC(C)CC(=O)Nc1ccc(NC(=O)c2ccc(N3C(=O)CCC3=O)cc2)cc1. The number of imide groups is 1. The average Bonchev–Trinajstić information content (AvgIpc) is 3.01. The molecule has 1 fully saturated rings. The van der Waals surface area contributed by atoms with Gasteiger partial charge in [-0.3, -0.25) is 24.1 Å². The number of carbonyl (C=O) groups excluding carboxylic acids is 4. The van der Waals surface area contributed by atoms with Gasteiger partial charge in [0.1, 0.15) is 0 Å². The summed E-state index contributed by atoms with van der Waals surface area (Å²) in [5.41, 5.74) is 2.13. The molecule has 1 aliphatic heterocycles. The Kier molecular flexibility index (Phi) is 6.07. The average molecular weight is 393 g/mol. The van der Waals surface area contributed by atoms with Gasteiger partial charge in [-0.05, 0) is 54.4 Å². The molecule has 3 rings (SSSR count). The van der Waals surface area contributed by atoms with Crippen molar-refractivity contribution in [3.63, 3.8) is 0 Å². The number of anilines is 3. The second-order valence-corrected chi connectivity index (χ2v) is 7.35. The fraction of sp³-hybridized carbons (Fsp3) is 0.273. The topological polar surface area (TPSA) is 95.6 Å². The van der Waals surface area contributed by atoms with Gasteiger partial charge in [-0.25, -0.2) is 0 Å². The van der Waals surface area contributed by atoms with Crippen LogP contribution in [-0.2, 0) is 14.4 Å². The van der Waals surface area contributed by atoms with E-state index in [0.717, 1.165) is 4.90 Å². The zero-order valence-electron chi connectivity index (χ0n) is 16.4. The van der Waals surface area contributed by atoms with Crippen LogP contribution in [0.2, 0.25) is 0 Å². The fourth-order valence-corrected chi connectivity index (χ4v) is 3.05. The van der Waals surface area contributed by atoms with E-state index in [1.54, 1.807) is 48.5 Å². The monoisotopic (exact) mass is 393 g/mol.